The van der Waals surface area contributed by atoms with Crippen LogP contribution in [0.25, 0.3) is 0 Å². The molecule has 1 aliphatic rings. The number of carbonyl (C=O) groups is 1. The number of pyridine rings is 1. The number of rotatable bonds is 3. The summed E-state index contributed by atoms with van der Waals surface area (Å²) in [5.74, 6) is 0.0582. The molecule has 0 bridgehead atoms. The summed E-state index contributed by atoms with van der Waals surface area (Å²) in [5.41, 5.74) is 4.28. The average molecular weight is 319 g/mol. The highest BCUT2D eigenvalue weighted by Crippen LogP contribution is 2.32. The molecule has 8 heteroatoms. The van der Waals surface area contributed by atoms with Crippen molar-refractivity contribution >= 4 is 23.5 Å². The lowest BCUT2D eigenvalue weighted by molar-refractivity contribution is -0.141. The summed E-state index contributed by atoms with van der Waals surface area (Å²) in [6, 6.07) is 1.90. The van der Waals surface area contributed by atoms with Crippen molar-refractivity contribution < 1.29 is 18.0 Å². The highest BCUT2D eigenvalue weighted by Gasteiger charge is 2.34. The zero-order valence-corrected chi connectivity index (χ0v) is 12.3. The van der Waals surface area contributed by atoms with Crippen molar-refractivity contribution in [2.45, 2.75) is 24.8 Å². The van der Waals surface area contributed by atoms with E-state index >= 15 is 0 Å². The number of thioether (sulfide) groups is 1. The molecule has 0 spiro atoms. The number of carbonyl (C=O) groups excluding carboxylic acids is 1. The Bertz CT molecular complexity index is 536. The molecular weight excluding hydrogens is 303 g/mol. The van der Waals surface area contributed by atoms with Crippen LogP contribution in [0, 0.1) is 0 Å². The predicted molar refractivity (Wildman–Crippen MR) is 76.5 cm³/mol. The van der Waals surface area contributed by atoms with Crippen LogP contribution in [-0.4, -0.2) is 35.0 Å². The fourth-order valence-corrected chi connectivity index (χ4v) is 3.38. The molecule has 0 aliphatic carbocycles. The van der Waals surface area contributed by atoms with Gasteiger partial charge in [0.15, 0.2) is 0 Å². The summed E-state index contributed by atoms with van der Waals surface area (Å²) in [4.78, 5) is 16.8. The van der Waals surface area contributed by atoms with Gasteiger partial charge in [0.2, 0.25) is 0 Å². The molecule has 1 fully saturated rings. The third kappa shape index (κ3) is 3.61. The highest BCUT2D eigenvalue weighted by atomic mass is 32.2. The second-order valence-electron chi connectivity index (χ2n) is 4.78. The van der Waals surface area contributed by atoms with E-state index in [4.69, 9.17) is 5.73 Å². The largest absolute Gasteiger partial charge is 0.433 e. The Balaban J connectivity index is 2.41. The Kier molecular flexibility index (Phi) is 4.65. The van der Waals surface area contributed by atoms with Gasteiger partial charge in [-0.25, -0.2) is 4.98 Å². The fraction of sp³-hybridized carbons (Fsp3) is 0.538. The van der Waals surface area contributed by atoms with Gasteiger partial charge in [0.05, 0.1) is 5.56 Å². The second kappa shape index (κ2) is 6.13. The molecule has 1 amide bonds. The van der Waals surface area contributed by atoms with Gasteiger partial charge in [0.1, 0.15) is 11.5 Å². The average Bonchev–Trinajstić information content (AvgIpc) is 2.45. The molecule has 0 aromatic carbocycles. The minimum Gasteiger partial charge on any atom is -0.365 e. The summed E-state index contributed by atoms with van der Waals surface area (Å²) >= 11 is 1.78. The number of halogens is 3. The maximum absolute atomic E-state index is 12.8. The molecule has 1 saturated heterocycles. The summed E-state index contributed by atoms with van der Waals surface area (Å²) in [6.45, 7) is 3.14. The number of aromatic nitrogens is 1. The molecule has 21 heavy (non-hydrogen) atoms. The molecule has 116 valence electrons. The van der Waals surface area contributed by atoms with Gasteiger partial charge in [-0.2, -0.15) is 24.9 Å². The topological polar surface area (TPSA) is 59.2 Å². The minimum atomic E-state index is -4.54. The van der Waals surface area contributed by atoms with Crippen LogP contribution in [0.4, 0.5) is 19.0 Å². The number of alkyl halides is 3. The molecule has 1 aromatic rings. The lowest BCUT2D eigenvalue weighted by Gasteiger charge is -2.33. The normalized spacial score (nSPS) is 19.6. The number of nitrogens with zero attached hydrogens (tertiary/aromatic N) is 2. The Morgan fingerprint density at radius 3 is 2.81 bits per heavy atom. The van der Waals surface area contributed by atoms with E-state index in [0.717, 1.165) is 24.3 Å². The molecule has 2 heterocycles. The van der Waals surface area contributed by atoms with E-state index < -0.39 is 17.8 Å². The van der Waals surface area contributed by atoms with Crippen molar-refractivity contribution in [1.82, 2.24) is 4.98 Å². The molecule has 2 N–H and O–H groups in total. The lowest BCUT2D eigenvalue weighted by atomic mass is 10.2. The molecule has 1 atom stereocenters. The van der Waals surface area contributed by atoms with Crippen molar-refractivity contribution in [3.63, 3.8) is 0 Å². The first-order chi connectivity index (χ1) is 9.82. The second-order valence-corrected chi connectivity index (χ2v) is 6.18. The Hall–Kier alpha value is -1.44. The minimum absolute atomic E-state index is 0.0322. The van der Waals surface area contributed by atoms with Gasteiger partial charge in [-0.1, -0.05) is 6.92 Å². The standard InChI is InChI=1S/C13H16F3N3OS/c1-2-8-7-19(5-6-21-8)12-9(11(17)20)3-4-10(18-12)13(14,15)16/h3-4,8H,2,5-7H2,1H3,(H2,17,20). The maximum Gasteiger partial charge on any atom is 0.433 e. The van der Waals surface area contributed by atoms with Gasteiger partial charge in [0.25, 0.3) is 5.91 Å². The molecule has 0 radical (unpaired) electrons. The van der Waals surface area contributed by atoms with Gasteiger partial charge in [0, 0.05) is 24.1 Å². The summed E-state index contributed by atoms with van der Waals surface area (Å²) in [6.07, 6.45) is -3.63. The number of hydrogen-bond donors (Lipinski definition) is 1. The van der Waals surface area contributed by atoms with Crippen molar-refractivity contribution in [3.05, 3.63) is 23.4 Å². The van der Waals surface area contributed by atoms with E-state index in [1.807, 2.05) is 6.92 Å². The number of amides is 1. The molecule has 0 saturated carbocycles. The van der Waals surface area contributed by atoms with Gasteiger partial charge in [-0.3, -0.25) is 4.79 Å². The predicted octanol–water partition coefficient (Wildman–Crippen LogP) is 2.53. The van der Waals surface area contributed by atoms with Crippen molar-refractivity contribution in [2.75, 3.05) is 23.7 Å². The van der Waals surface area contributed by atoms with E-state index in [1.54, 1.807) is 16.7 Å². The summed E-state index contributed by atoms with van der Waals surface area (Å²) < 4.78 is 38.4. The zero-order chi connectivity index (χ0) is 15.6. The van der Waals surface area contributed by atoms with Crippen LogP contribution in [0.2, 0.25) is 0 Å². The molecule has 1 aliphatic heterocycles. The van der Waals surface area contributed by atoms with Crippen molar-refractivity contribution in [2.24, 2.45) is 5.73 Å². The third-order valence-corrected chi connectivity index (χ3v) is 4.70. The maximum atomic E-state index is 12.8. The van der Waals surface area contributed by atoms with E-state index in [0.29, 0.717) is 18.3 Å². The Morgan fingerprint density at radius 2 is 2.24 bits per heavy atom. The fourth-order valence-electron chi connectivity index (χ4n) is 2.20. The molecule has 1 unspecified atom stereocenters. The number of primary amides is 1. The number of nitrogens with two attached hydrogens (primary N) is 1. The van der Waals surface area contributed by atoms with Crippen LogP contribution in [0.3, 0.4) is 0 Å². The Morgan fingerprint density at radius 1 is 1.52 bits per heavy atom. The van der Waals surface area contributed by atoms with E-state index in [-0.39, 0.29) is 11.4 Å². The van der Waals surface area contributed by atoms with E-state index in [9.17, 15) is 18.0 Å². The molecule has 4 nitrogen and oxygen atoms in total. The monoisotopic (exact) mass is 319 g/mol. The first-order valence-electron chi connectivity index (χ1n) is 6.57. The SMILES string of the molecule is CCC1CN(c2nc(C(F)(F)F)ccc2C(N)=O)CCS1. The molecular formula is C13H16F3N3OS. The first-order valence-corrected chi connectivity index (χ1v) is 7.62. The Labute approximate surface area is 124 Å². The summed E-state index contributed by atoms with van der Waals surface area (Å²) in [7, 11) is 0. The third-order valence-electron chi connectivity index (χ3n) is 3.32. The summed E-state index contributed by atoms with van der Waals surface area (Å²) in [5, 5.41) is 0.316. The van der Waals surface area contributed by atoms with Gasteiger partial charge < -0.3 is 10.6 Å². The van der Waals surface area contributed by atoms with Crippen LogP contribution in [0.1, 0.15) is 29.4 Å². The molecule has 1 aromatic heterocycles. The van der Waals surface area contributed by atoms with Crippen LogP contribution < -0.4 is 10.6 Å². The van der Waals surface area contributed by atoms with Crippen LogP contribution in [0.15, 0.2) is 12.1 Å². The van der Waals surface area contributed by atoms with Crippen molar-refractivity contribution in [1.29, 1.82) is 0 Å². The van der Waals surface area contributed by atoms with Crippen LogP contribution in [-0.2, 0) is 6.18 Å². The van der Waals surface area contributed by atoms with Gasteiger partial charge in [-0.15, -0.1) is 0 Å². The lowest BCUT2D eigenvalue weighted by Crippen LogP contribution is -2.39. The smallest absolute Gasteiger partial charge is 0.365 e. The van der Waals surface area contributed by atoms with E-state index in [1.165, 1.54) is 0 Å². The van der Waals surface area contributed by atoms with E-state index in [2.05, 4.69) is 4.98 Å². The zero-order valence-electron chi connectivity index (χ0n) is 11.5. The quantitative estimate of drug-likeness (QED) is 0.930. The van der Waals surface area contributed by atoms with Crippen LogP contribution in [0.5, 0.6) is 0 Å². The van der Waals surface area contributed by atoms with Crippen LogP contribution >= 0.6 is 11.8 Å². The number of anilines is 1. The van der Waals surface area contributed by atoms with Gasteiger partial charge in [-0.05, 0) is 18.6 Å². The first kappa shape index (κ1) is 15.9. The molecule has 2 rings (SSSR count). The van der Waals surface area contributed by atoms with Gasteiger partial charge >= 0.3 is 6.18 Å². The highest BCUT2D eigenvalue weighted by molar-refractivity contribution is 8.00. The van der Waals surface area contributed by atoms with Crippen molar-refractivity contribution in [3.8, 4) is 0 Å². The number of hydrogen-bond acceptors (Lipinski definition) is 4.